The monoisotopic (exact) mass is 1080 g/mol. The highest BCUT2D eigenvalue weighted by molar-refractivity contribution is 5.75. The van der Waals surface area contributed by atoms with Crippen LogP contribution in [-0.4, -0.2) is 103 Å². The third-order valence-corrected chi connectivity index (χ3v) is 20.5. The van der Waals surface area contributed by atoms with E-state index in [2.05, 4.69) is 289 Å². The molecule has 0 spiro atoms. The summed E-state index contributed by atoms with van der Waals surface area (Å²) in [6.45, 7) is 57.7. The van der Waals surface area contributed by atoms with Crippen LogP contribution in [0.4, 0.5) is 0 Å². The molecule has 4 fully saturated rings. The molecule has 11 rings (SSSR count). The van der Waals surface area contributed by atoms with E-state index in [-0.39, 0.29) is 0 Å². The number of H-pyrrole nitrogens is 1. The predicted octanol–water partition coefficient (Wildman–Crippen LogP) is 17.0. The van der Waals surface area contributed by atoms with Crippen LogP contribution < -0.4 is 0 Å². The summed E-state index contributed by atoms with van der Waals surface area (Å²) in [5.74, 6) is 9.35. The smallest absolute Gasteiger partial charge is 0.229 e. The molecule has 3 unspecified atom stereocenters. The first-order valence-electron chi connectivity index (χ1n) is 31.7. The Bertz CT molecular complexity index is 2050. The zero-order chi connectivity index (χ0) is 58.5. The van der Waals surface area contributed by atoms with Crippen molar-refractivity contribution in [2.45, 2.75) is 266 Å². The van der Waals surface area contributed by atoms with Crippen molar-refractivity contribution in [2.75, 3.05) is 0 Å². The van der Waals surface area contributed by atoms with Gasteiger partial charge < -0.3 is 4.98 Å². The van der Waals surface area contributed by atoms with Crippen LogP contribution in [0.5, 0.6) is 0 Å². The van der Waals surface area contributed by atoms with Crippen LogP contribution in [0.25, 0.3) is 0 Å². The summed E-state index contributed by atoms with van der Waals surface area (Å²) in [7, 11) is 0. The summed E-state index contributed by atoms with van der Waals surface area (Å²) in [4.78, 5) is 7.94. The highest BCUT2D eigenvalue weighted by Crippen LogP contribution is 2.45. The Morgan fingerprint density at radius 3 is 0.718 bits per heavy atom. The highest BCUT2D eigenvalue weighted by Gasteiger charge is 2.43. The van der Waals surface area contributed by atoms with Crippen molar-refractivity contribution >= 4 is 18.6 Å². The lowest BCUT2D eigenvalue weighted by molar-refractivity contribution is -0.603. The summed E-state index contributed by atoms with van der Waals surface area (Å²) < 4.78 is 14.0. The lowest BCUT2D eigenvalue weighted by Crippen LogP contribution is -2.72. The number of fused-ring (bicyclic) bond motifs is 3. The molecule has 0 amide bonds. The third kappa shape index (κ3) is 16.6. The molecule has 9 nitrogen and oxygen atoms in total. The van der Waals surface area contributed by atoms with Gasteiger partial charge in [0.2, 0.25) is 18.5 Å². The maximum absolute atomic E-state index is 2.86. The molecule has 4 aromatic rings. The number of hydrogen-bond donors (Lipinski definition) is 1. The van der Waals surface area contributed by atoms with E-state index in [1.165, 1.54) is 49.2 Å². The Morgan fingerprint density at radius 2 is 0.564 bits per heavy atom. The number of hydrogen-bond acceptors (Lipinski definition) is 2. The molecule has 9 heteroatoms. The van der Waals surface area contributed by atoms with Gasteiger partial charge in [0.25, 0.3) is 0 Å². The van der Waals surface area contributed by atoms with Gasteiger partial charge in [0.05, 0.1) is 12.3 Å². The van der Waals surface area contributed by atoms with Gasteiger partial charge >= 0.3 is 0 Å². The fourth-order valence-corrected chi connectivity index (χ4v) is 14.1. The molecule has 1 N–H and O–H groups in total. The molecule has 3 atom stereocenters. The average Bonchev–Trinajstić information content (AvgIpc) is 4.25. The fraction of sp³-hybridized carbons (Fsp3) is 0.725. The molecule has 8 heterocycles. The molecule has 440 valence electrons. The van der Waals surface area contributed by atoms with Crippen molar-refractivity contribution < 1.29 is 13.7 Å². The van der Waals surface area contributed by atoms with Gasteiger partial charge in [0, 0.05) is 63.8 Å². The third-order valence-electron chi connectivity index (χ3n) is 20.5. The van der Waals surface area contributed by atoms with E-state index in [1.807, 2.05) is 24.5 Å². The Morgan fingerprint density at radius 1 is 0.346 bits per heavy atom. The molecular formula is C69H122N9+3. The molecule has 4 aliphatic heterocycles. The van der Waals surface area contributed by atoms with E-state index in [4.69, 9.17) is 0 Å². The van der Waals surface area contributed by atoms with E-state index in [1.54, 1.807) is 0 Å². The summed E-state index contributed by atoms with van der Waals surface area (Å²) in [6.07, 6.45) is 27.1. The van der Waals surface area contributed by atoms with Gasteiger partial charge in [-0.25, -0.2) is 13.7 Å². The van der Waals surface area contributed by atoms with Crippen LogP contribution in [-0.2, 0) is 0 Å². The van der Waals surface area contributed by atoms with E-state index >= 15 is 0 Å². The minimum absolute atomic E-state index is 0.481. The van der Waals surface area contributed by atoms with E-state index in [0.29, 0.717) is 61.0 Å². The molecule has 0 radical (unpaired) electrons. The van der Waals surface area contributed by atoms with Crippen LogP contribution in [0, 0.1) is 59.2 Å². The second-order valence-corrected chi connectivity index (χ2v) is 26.5. The maximum atomic E-state index is 2.86. The number of nitrogens with one attached hydrogen (secondary N) is 1. The Balaban J connectivity index is 0.000000195. The van der Waals surface area contributed by atoms with Crippen molar-refractivity contribution in [1.82, 2.24) is 28.5 Å². The second kappa shape index (κ2) is 30.8. The predicted molar refractivity (Wildman–Crippen MR) is 338 cm³/mol. The zero-order valence-electron chi connectivity index (χ0n) is 54.9. The second-order valence-electron chi connectivity index (χ2n) is 26.5. The molecule has 7 aliphatic rings. The lowest BCUT2D eigenvalue weighted by atomic mass is 9.92. The van der Waals surface area contributed by atoms with Crippen LogP contribution in [0.3, 0.4) is 0 Å². The average molecular weight is 1080 g/mol. The van der Waals surface area contributed by atoms with Crippen LogP contribution in [0.2, 0.25) is 0 Å². The van der Waals surface area contributed by atoms with E-state index < -0.39 is 0 Å². The first-order chi connectivity index (χ1) is 36.7. The quantitative estimate of drug-likeness (QED) is 0.203. The Labute approximate surface area is 480 Å². The van der Waals surface area contributed by atoms with Crippen molar-refractivity contribution in [3.63, 3.8) is 0 Å². The standard InChI is InChI=1S/3C10H15N2.C10H22N2.2C10H20.C5H10.C4H5N/c3*1-8(2)12-7-10-5-4-6-11(10)9(12)3;1-7(2)11-9(5)12(8(3)4)10(11)6;2*1-6-7(2)9(4)10(5)8(6)3;2*1-2-4-5-3-1/h3*4-9H,1-3H3;7-10H,1-6H3;2*6-10H,1-5H3;1-5H2;1-5H/q3*+1;;;;;. The summed E-state index contributed by atoms with van der Waals surface area (Å²) in [5, 5.41) is 0. The minimum Gasteiger partial charge on any atom is -0.368 e. The van der Waals surface area contributed by atoms with Crippen LogP contribution in [0.1, 0.15) is 241 Å². The van der Waals surface area contributed by atoms with Gasteiger partial charge in [-0.2, -0.15) is 0 Å². The molecule has 3 aliphatic carbocycles. The van der Waals surface area contributed by atoms with Gasteiger partial charge in [-0.1, -0.05) is 101 Å². The SMILES string of the molecule is C1CCCC1.CC(C)N1C(C)N(C(C)C)C1C.CC(C)[N+]1=Cc2cccn2C1C.CC(C)[N+]1=Cc2cccn2C1C.CC(C)[N+]1=Cc2cccn2C1C.CC1C(C)C(C)C(C)C1C.CC1C(C)C(C)C(C)C1C.c1cc[nH]c1. The van der Waals surface area contributed by atoms with Gasteiger partial charge in [-0.3, -0.25) is 23.5 Å². The maximum Gasteiger partial charge on any atom is 0.229 e. The number of aromatic nitrogens is 4. The van der Waals surface area contributed by atoms with Gasteiger partial charge in [-0.15, -0.1) is 0 Å². The molecular weight excluding hydrogens is 955 g/mol. The normalized spacial score (nSPS) is 31.2. The number of nitrogens with zero attached hydrogens (tertiary/aromatic N) is 8. The molecule has 1 saturated heterocycles. The zero-order valence-corrected chi connectivity index (χ0v) is 54.9. The first-order valence-corrected chi connectivity index (χ1v) is 31.7. The van der Waals surface area contributed by atoms with Gasteiger partial charge in [-0.05, 0) is 191 Å². The highest BCUT2D eigenvalue weighted by atomic mass is 15.6. The Kier molecular flexibility index (Phi) is 26.2. The summed E-state index contributed by atoms with van der Waals surface area (Å²) in [6, 6.07) is 19.7. The van der Waals surface area contributed by atoms with E-state index in [9.17, 15) is 0 Å². The molecule has 78 heavy (non-hydrogen) atoms. The topological polar surface area (TPSA) is 46.1 Å². The van der Waals surface area contributed by atoms with Crippen molar-refractivity contribution in [3.05, 3.63) is 96.6 Å². The molecule has 3 saturated carbocycles. The van der Waals surface area contributed by atoms with Crippen molar-refractivity contribution in [3.8, 4) is 0 Å². The summed E-state index contributed by atoms with van der Waals surface area (Å²) >= 11 is 0. The van der Waals surface area contributed by atoms with Crippen molar-refractivity contribution in [2.24, 2.45) is 59.2 Å². The van der Waals surface area contributed by atoms with Gasteiger partial charge in [0.1, 0.15) is 35.2 Å². The molecule has 0 bridgehead atoms. The lowest BCUT2D eigenvalue weighted by Gasteiger charge is -2.59. The Hall–Kier alpha value is -3.95. The molecule has 0 aromatic carbocycles. The fourth-order valence-electron chi connectivity index (χ4n) is 14.1. The number of aromatic amines is 1. The van der Waals surface area contributed by atoms with Crippen molar-refractivity contribution in [1.29, 1.82) is 0 Å². The van der Waals surface area contributed by atoms with E-state index in [0.717, 1.165) is 59.2 Å². The first kappa shape index (κ1) is 66.6. The largest absolute Gasteiger partial charge is 0.368 e. The summed E-state index contributed by atoms with van der Waals surface area (Å²) in [5.41, 5.74) is 3.95. The molecule has 4 aromatic heterocycles. The minimum atomic E-state index is 0.481. The van der Waals surface area contributed by atoms with Crippen LogP contribution >= 0.6 is 0 Å². The number of rotatable bonds is 5. The van der Waals surface area contributed by atoms with Crippen LogP contribution in [0.15, 0.2) is 79.5 Å². The van der Waals surface area contributed by atoms with Gasteiger partial charge in [0.15, 0.2) is 18.6 Å².